The van der Waals surface area contributed by atoms with E-state index in [-0.39, 0.29) is 23.7 Å². The van der Waals surface area contributed by atoms with Crippen molar-refractivity contribution in [1.82, 2.24) is 0 Å². The fourth-order valence-corrected chi connectivity index (χ4v) is 2.79. The lowest BCUT2D eigenvalue weighted by atomic mass is 9.94. The van der Waals surface area contributed by atoms with Gasteiger partial charge < -0.3 is 15.4 Å². The molecule has 5 heteroatoms. The highest BCUT2D eigenvalue weighted by atomic mass is 19.1. The Bertz CT molecular complexity index is 511. The topological polar surface area (TPSA) is 55.6 Å². The minimum absolute atomic E-state index is 0.123. The van der Waals surface area contributed by atoms with Crippen LogP contribution in [-0.2, 0) is 4.74 Å². The van der Waals surface area contributed by atoms with E-state index in [0.717, 1.165) is 32.4 Å². The zero-order valence-corrected chi connectivity index (χ0v) is 12.7. The number of carbonyl (C=O) groups is 1. The summed E-state index contributed by atoms with van der Waals surface area (Å²) < 4.78 is 19.1. The Labute approximate surface area is 125 Å². The van der Waals surface area contributed by atoms with E-state index in [1.807, 2.05) is 4.90 Å². The molecule has 1 aromatic rings. The zero-order chi connectivity index (χ0) is 15.4. The number of piperidine rings is 1. The first kappa shape index (κ1) is 15.6. The molecule has 2 rings (SSSR count). The molecule has 0 unspecified atom stereocenters. The smallest absolute Gasteiger partial charge is 0.340 e. The van der Waals surface area contributed by atoms with Gasteiger partial charge in [0.1, 0.15) is 5.82 Å². The monoisotopic (exact) mass is 294 g/mol. The SMILES string of the molecule is CCOC(=O)c1cc(N2CCC(CC)CC2)c(F)cc1N. The fraction of sp³-hybridized carbons (Fsp3) is 0.562. The van der Waals surface area contributed by atoms with Crippen LogP contribution >= 0.6 is 0 Å². The number of halogens is 1. The number of benzene rings is 1. The van der Waals surface area contributed by atoms with Crippen LogP contribution in [0.3, 0.4) is 0 Å². The summed E-state index contributed by atoms with van der Waals surface area (Å²) in [5.41, 5.74) is 6.55. The van der Waals surface area contributed by atoms with Gasteiger partial charge in [0.25, 0.3) is 0 Å². The van der Waals surface area contributed by atoms with Crippen molar-refractivity contribution in [2.45, 2.75) is 33.1 Å². The van der Waals surface area contributed by atoms with E-state index in [1.165, 1.54) is 12.1 Å². The fourth-order valence-electron chi connectivity index (χ4n) is 2.79. The van der Waals surface area contributed by atoms with E-state index < -0.39 is 5.97 Å². The minimum atomic E-state index is -0.500. The summed E-state index contributed by atoms with van der Waals surface area (Å²) in [6.07, 6.45) is 3.26. The van der Waals surface area contributed by atoms with E-state index in [2.05, 4.69) is 6.92 Å². The summed E-state index contributed by atoms with van der Waals surface area (Å²) in [4.78, 5) is 13.9. The van der Waals surface area contributed by atoms with Gasteiger partial charge in [0.15, 0.2) is 0 Å². The van der Waals surface area contributed by atoms with Gasteiger partial charge in [0.05, 0.1) is 17.9 Å². The zero-order valence-electron chi connectivity index (χ0n) is 12.7. The Hall–Kier alpha value is -1.78. The standard InChI is InChI=1S/C16H23FN2O2/c1-3-11-5-7-19(8-6-11)15-9-12(16(20)21-4-2)14(18)10-13(15)17/h9-11H,3-8,18H2,1-2H3. The van der Waals surface area contributed by atoms with E-state index >= 15 is 0 Å². The largest absolute Gasteiger partial charge is 0.462 e. The molecule has 0 aliphatic carbocycles. The lowest BCUT2D eigenvalue weighted by Crippen LogP contribution is -2.34. The molecule has 0 saturated carbocycles. The number of esters is 1. The second kappa shape index (κ2) is 6.78. The maximum atomic E-state index is 14.2. The van der Waals surface area contributed by atoms with Crippen molar-refractivity contribution in [1.29, 1.82) is 0 Å². The van der Waals surface area contributed by atoms with Gasteiger partial charge in [-0.3, -0.25) is 0 Å². The van der Waals surface area contributed by atoms with Crippen molar-refractivity contribution in [2.24, 2.45) is 5.92 Å². The number of anilines is 2. The van der Waals surface area contributed by atoms with E-state index in [9.17, 15) is 9.18 Å². The molecular formula is C16H23FN2O2. The van der Waals surface area contributed by atoms with Gasteiger partial charge in [-0.25, -0.2) is 9.18 Å². The molecule has 0 radical (unpaired) electrons. The summed E-state index contributed by atoms with van der Waals surface area (Å²) in [5, 5.41) is 0. The molecule has 0 amide bonds. The maximum Gasteiger partial charge on any atom is 0.340 e. The predicted molar refractivity (Wildman–Crippen MR) is 82.0 cm³/mol. The second-order valence-electron chi connectivity index (χ2n) is 5.45. The van der Waals surface area contributed by atoms with Gasteiger partial charge in [0, 0.05) is 18.8 Å². The van der Waals surface area contributed by atoms with Gasteiger partial charge >= 0.3 is 5.97 Å². The van der Waals surface area contributed by atoms with Crippen LogP contribution in [0.1, 0.15) is 43.5 Å². The number of nitrogens with two attached hydrogens (primary N) is 1. The Morgan fingerprint density at radius 2 is 2.05 bits per heavy atom. The van der Waals surface area contributed by atoms with Gasteiger partial charge in [-0.1, -0.05) is 13.3 Å². The molecule has 116 valence electrons. The molecule has 1 saturated heterocycles. The van der Waals surface area contributed by atoms with Gasteiger partial charge in [0.2, 0.25) is 0 Å². The average molecular weight is 294 g/mol. The number of hydrogen-bond donors (Lipinski definition) is 1. The molecule has 1 aliphatic heterocycles. The number of nitrogens with zero attached hydrogens (tertiary/aromatic N) is 1. The molecule has 1 heterocycles. The minimum Gasteiger partial charge on any atom is -0.462 e. The Kier molecular flexibility index (Phi) is 5.04. The van der Waals surface area contributed by atoms with Crippen LogP contribution in [0.25, 0.3) is 0 Å². The van der Waals surface area contributed by atoms with Crippen molar-refractivity contribution in [3.8, 4) is 0 Å². The Morgan fingerprint density at radius 1 is 1.38 bits per heavy atom. The quantitative estimate of drug-likeness (QED) is 0.684. The first-order chi connectivity index (χ1) is 10.1. The molecule has 0 aromatic heterocycles. The first-order valence-electron chi connectivity index (χ1n) is 7.57. The molecule has 0 atom stereocenters. The summed E-state index contributed by atoms with van der Waals surface area (Å²) in [6.45, 7) is 5.80. The van der Waals surface area contributed by atoms with E-state index in [0.29, 0.717) is 11.6 Å². The van der Waals surface area contributed by atoms with Crippen LogP contribution in [0.5, 0.6) is 0 Å². The first-order valence-corrected chi connectivity index (χ1v) is 7.57. The Balaban J connectivity index is 2.23. The summed E-state index contributed by atoms with van der Waals surface area (Å²) >= 11 is 0. The van der Waals surface area contributed by atoms with Crippen LogP contribution in [0, 0.1) is 11.7 Å². The molecule has 1 aromatic carbocycles. The van der Waals surface area contributed by atoms with Crippen molar-refractivity contribution < 1.29 is 13.9 Å². The van der Waals surface area contributed by atoms with Crippen LogP contribution in [-0.4, -0.2) is 25.7 Å². The molecule has 0 spiro atoms. The lowest BCUT2D eigenvalue weighted by molar-refractivity contribution is 0.0527. The summed E-state index contributed by atoms with van der Waals surface area (Å²) in [5.74, 6) is -0.169. The molecule has 21 heavy (non-hydrogen) atoms. The normalized spacial score (nSPS) is 16.0. The van der Waals surface area contributed by atoms with Gasteiger partial charge in [-0.15, -0.1) is 0 Å². The highest BCUT2D eigenvalue weighted by molar-refractivity contribution is 5.96. The third-order valence-corrected chi connectivity index (χ3v) is 4.15. The van der Waals surface area contributed by atoms with Crippen molar-refractivity contribution >= 4 is 17.3 Å². The van der Waals surface area contributed by atoms with E-state index in [1.54, 1.807) is 6.92 Å². The van der Waals surface area contributed by atoms with Crippen LogP contribution in [0.4, 0.5) is 15.8 Å². The summed E-state index contributed by atoms with van der Waals surface area (Å²) in [7, 11) is 0. The van der Waals surface area contributed by atoms with E-state index in [4.69, 9.17) is 10.5 Å². The van der Waals surface area contributed by atoms with Crippen LogP contribution in [0.2, 0.25) is 0 Å². The molecule has 1 aliphatic rings. The van der Waals surface area contributed by atoms with Crippen molar-refractivity contribution in [2.75, 3.05) is 30.3 Å². The third-order valence-electron chi connectivity index (χ3n) is 4.15. The number of hydrogen-bond acceptors (Lipinski definition) is 4. The highest BCUT2D eigenvalue weighted by Gasteiger charge is 2.23. The molecule has 4 nitrogen and oxygen atoms in total. The summed E-state index contributed by atoms with van der Waals surface area (Å²) in [6, 6.07) is 2.74. The predicted octanol–water partition coefficient (Wildman–Crippen LogP) is 3.21. The highest BCUT2D eigenvalue weighted by Crippen LogP contribution is 2.30. The maximum absolute atomic E-state index is 14.2. The third kappa shape index (κ3) is 3.46. The molecule has 2 N–H and O–H groups in total. The van der Waals surface area contributed by atoms with Crippen LogP contribution < -0.4 is 10.6 Å². The van der Waals surface area contributed by atoms with Crippen molar-refractivity contribution in [3.05, 3.63) is 23.5 Å². The number of ether oxygens (including phenoxy) is 1. The van der Waals surface area contributed by atoms with Gasteiger partial charge in [-0.05, 0) is 37.8 Å². The Morgan fingerprint density at radius 3 is 2.62 bits per heavy atom. The van der Waals surface area contributed by atoms with Crippen LogP contribution in [0.15, 0.2) is 12.1 Å². The number of carbonyl (C=O) groups excluding carboxylic acids is 1. The number of nitrogen functional groups attached to an aromatic ring is 1. The lowest BCUT2D eigenvalue weighted by Gasteiger charge is -2.33. The van der Waals surface area contributed by atoms with Gasteiger partial charge in [-0.2, -0.15) is 0 Å². The second-order valence-corrected chi connectivity index (χ2v) is 5.45. The molecule has 1 fully saturated rings. The molecule has 0 bridgehead atoms. The van der Waals surface area contributed by atoms with Crippen molar-refractivity contribution in [3.63, 3.8) is 0 Å². The molecular weight excluding hydrogens is 271 g/mol. The number of rotatable bonds is 4. The average Bonchev–Trinajstić information content (AvgIpc) is 2.48.